The Balaban J connectivity index is 0.000000429. The van der Waals surface area contributed by atoms with Crippen LogP contribution in [0, 0.1) is 47.5 Å². The molecule has 0 unspecified atom stereocenters. The Morgan fingerprint density at radius 3 is 1.37 bits per heavy atom. The molecule has 0 saturated heterocycles. The molecule has 2 aromatic carbocycles. The van der Waals surface area contributed by atoms with Crippen molar-refractivity contribution in [2.45, 2.75) is 94.2 Å². The maximum absolute atomic E-state index is 10.3. The van der Waals surface area contributed by atoms with Crippen molar-refractivity contribution in [3.8, 4) is 0 Å². The van der Waals surface area contributed by atoms with E-state index in [2.05, 4.69) is 86.6 Å². The first-order valence-electron chi connectivity index (χ1n) is 13.0. The highest BCUT2D eigenvalue weighted by Gasteiger charge is 2.49. The molecule has 1 fully saturated rings. The maximum Gasteiger partial charge on any atom is 0.351 e. The van der Waals surface area contributed by atoms with Crippen LogP contribution in [0.4, 0.5) is 11.4 Å². The van der Waals surface area contributed by atoms with Gasteiger partial charge < -0.3 is 4.74 Å². The number of rotatable bonds is 3. The molecule has 0 N–H and O–H groups in total. The van der Waals surface area contributed by atoms with Crippen LogP contribution in [0.2, 0.25) is 0 Å². The number of carbonyl (C=O) groups excluding carboxylic acids is 1. The first kappa shape index (κ1) is 26.8. The minimum atomic E-state index is -0.153. The Morgan fingerprint density at radius 2 is 1.11 bits per heavy atom. The summed E-state index contributed by atoms with van der Waals surface area (Å²) >= 11 is 0. The van der Waals surface area contributed by atoms with Gasteiger partial charge in [-0.05, 0) is 78.6 Å². The van der Waals surface area contributed by atoms with Crippen molar-refractivity contribution in [3.05, 3.63) is 57.6 Å². The van der Waals surface area contributed by atoms with Crippen molar-refractivity contribution >= 4 is 28.8 Å². The van der Waals surface area contributed by atoms with E-state index in [1.54, 1.807) is 25.3 Å². The first-order chi connectivity index (χ1) is 16.5. The largest absolute Gasteiger partial charge is 0.469 e. The van der Waals surface area contributed by atoms with Crippen molar-refractivity contribution in [1.29, 1.82) is 0 Å². The van der Waals surface area contributed by atoms with E-state index in [0.29, 0.717) is 6.17 Å². The second-order valence-corrected chi connectivity index (χ2v) is 10.6. The summed E-state index contributed by atoms with van der Waals surface area (Å²) in [5.41, 5.74) is 14.2. The summed E-state index contributed by atoms with van der Waals surface area (Å²) in [6.07, 6.45) is 5.28. The highest BCUT2D eigenvalue weighted by Crippen LogP contribution is 2.36. The quantitative estimate of drug-likeness (QED) is 0.348. The molecule has 2 aromatic rings. The lowest BCUT2D eigenvalue weighted by molar-refractivity contribution is -0.688. The lowest BCUT2D eigenvalue weighted by Crippen LogP contribution is -2.27. The van der Waals surface area contributed by atoms with Crippen LogP contribution in [-0.2, 0) is 9.53 Å². The van der Waals surface area contributed by atoms with Gasteiger partial charge in [-0.15, -0.1) is 9.15 Å². The highest BCUT2D eigenvalue weighted by molar-refractivity contribution is 6.39. The second-order valence-electron chi connectivity index (χ2n) is 10.6. The zero-order valence-electron chi connectivity index (χ0n) is 23.5. The summed E-state index contributed by atoms with van der Waals surface area (Å²) < 4.78 is 9.67. The summed E-state index contributed by atoms with van der Waals surface area (Å²) in [6, 6.07) is 9.35. The zero-order chi connectivity index (χ0) is 26.0. The third kappa shape index (κ3) is 5.42. The summed E-state index contributed by atoms with van der Waals surface area (Å²) in [6.45, 7) is 19.5. The van der Waals surface area contributed by atoms with Gasteiger partial charge in [0.05, 0.1) is 20.0 Å². The van der Waals surface area contributed by atoms with Crippen molar-refractivity contribution in [1.82, 2.24) is 0 Å². The van der Waals surface area contributed by atoms with E-state index in [-0.39, 0.29) is 11.9 Å². The Bertz CT molecular complexity index is 1070. The molecule has 0 aromatic heterocycles. The number of esters is 1. The summed E-state index contributed by atoms with van der Waals surface area (Å²) in [5.74, 6) is -0.148. The molecule has 0 amide bonds. The van der Waals surface area contributed by atoms with Crippen LogP contribution in [0.15, 0.2) is 24.3 Å². The highest BCUT2D eigenvalue weighted by atomic mass is 16.5. The van der Waals surface area contributed by atoms with Gasteiger partial charge in [-0.2, -0.15) is 0 Å². The fourth-order valence-electron chi connectivity index (χ4n) is 5.94. The Morgan fingerprint density at radius 1 is 0.771 bits per heavy atom. The number of carbonyl (C=O) groups is 1. The van der Waals surface area contributed by atoms with E-state index in [1.165, 1.54) is 77.5 Å². The fraction of sp³-hybridized carbons (Fsp3) is 0.516. The normalized spacial score (nSPS) is 15.9. The van der Waals surface area contributed by atoms with Crippen molar-refractivity contribution in [2.75, 3.05) is 7.11 Å². The third-order valence-corrected chi connectivity index (χ3v) is 7.16. The van der Waals surface area contributed by atoms with Crippen LogP contribution in [0.1, 0.15) is 79.8 Å². The number of nitrogens with zero attached hydrogens (tertiary/aromatic N) is 2. The van der Waals surface area contributed by atoms with Gasteiger partial charge in [0.1, 0.15) is 0 Å². The predicted octanol–water partition coefficient (Wildman–Crippen LogP) is 7.16. The predicted molar refractivity (Wildman–Crippen MR) is 146 cm³/mol. The van der Waals surface area contributed by atoms with Gasteiger partial charge in [0.15, 0.2) is 0 Å². The molecule has 1 heterocycles. The van der Waals surface area contributed by atoms with E-state index in [9.17, 15) is 4.79 Å². The number of aryl methyl sites for hydroxylation is 6. The fourth-order valence-corrected chi connectivity index (χ4v) is 5.94. The molecule has 1 aliphatic heterocycles. The van der Waals surface area contributed by atoms with Crippen molar-refractivity contribution in [2.24, 2.45) is 5.92 Å². The Hall–Kier alpha value is -2.75. The molecule has 35 heavy (non-hydrogen) atoms. The minimum Gasteiger partial charge on any atom is -0.469 e. The maximum atomic E-state index is 10.3. The first-order valence-corrected chi connectivity index (χ1v) is 13.0. The van der Waals surface area contributed by atoms with Crippen LogP contribution in [0.3, 0.4) is 0 Å². The molecular formula is C31H44N2O2+2. The van der Waals surface area contributed by atoms with Gasteiger partial charge in [-0.25, -0.2) is 0 Å². The van der Waals surface area contributed by atoms with Crippen molar-refractivity contribution < 1.29 is 18.7 Å². The number of hydrogen-bond donors (Lipinski definition) is 0. The molecule has 0 atom stereocenters. The Kier molecular flexibility index (Phi) is 8.35. The molecule has 0 bridgehead atoms. The number of benzene rings is 2. The van der Waals surface area contributed by atoms with Crippen molar-refractivity contribution in [3.63, 3.8) is 0 Å². The van der Waals surface area contributed by atoms with E-state index in [1.807, 2.05) is 0 Å². The van der Waals surface area contributed by atoms with Crippen LogP contribution in [-0.4, -0.2) is 39.8 Å². The lowest BCUT2D eigenvalue weighted by Gasteiger charge is -2.13. The van der Waals surface area contributed by atoms with Crippen LogP contribution in [0.5, 0.6) is 0 Å². The monoisotopic (exact) mass is 476 g/mol. The summed E-state index contributed by atoms with van der Waals surface area (Å²) in [4.78, 5) is 10.3. The van der Waals surface area contributed by atoms with E-state index in [4.69, 9.17) is 0 Å². The number of fused-ring (bicyclic) bond motifs is 1. The van der Waals surface area contributed by atoms with Gasteiger partial charge in [0, 0.05) is 35.1 Å². The molecule has 4 heteroatoms. The zero-order valence-corrected chi connectivity index (χ0v) is 23.5. The summed E-state index contributed by atoms with van der Waals surface area (Å²) in [7, 11) is 1.39. The van der Waals surface area contributed by atoms with E-state index >= 15 is 0 Å². The Labute approximate surface area is 212 Å². The molecule has 0 spiro atoms. The van der Waals surface area contributed by atoms with Gasteiger partial charge in [-0.3, -0.25) is 4.79 Å². The lowest BCUT2D eigenvalue weighted by atomic mass is 9.95. The molecule has 188 valence electrons. The van der Waals surface area contributed by atoms with E-state index in [0.717, 1.165) is 0 Å². The topological polar surface area (TPSA) is 32.3 Å². The van der Waals surface area contributed by atoms with E-state index < -0.39 is 0 Å². The SMILES string of the molecule is COC(=O)C(C)C.Cc1cc(C)c([N+]2=C3CCCCC3=[N+](c3c(C)cc(C)cc3C)C2C)c(C)c1. The number of hydrogen-bond acceptors (Lipinski definition) is 2. The van der Waals surface area contributed by atoms with Gasteiger partial charge >= 0.3 is 12.1 Å². The molecule has 0 radical (unpaired) electrons. The average Bonchev–Trinajstić information content (AvgIpc) is 3.04. The minimum absolute atomic E-state index is 0.00463. The average molecular weight is 477 g/mol. The standard InChI is InChI=1S/C26H34N2.C5H10O2/c1-16-12-18(3)25(19(4)13-16)27-22(7)28(24-11-9-8-10-23(24)27)26-20(5)14-17(2)15-21(26)6;1-4(2)5(6)7-3/h12-15,22H,8-11H2,1-7H3;4H,1-3H3/q+2;. The molecule has 2 aliphatic rings. The molecule has 1 aliphatic carbocycles. The smallest absolute Gasteiger partial charge is 0.351 e. The molecule has 1 saturated carbocycles. The van der Waals surface area contributed by atoms with Gasteiger partial charge in [0.25, 0.3) is 11.4 Å². The number of ether oxygens (including phenoxy) is 1. The van der Waals surface area contributed by atoms with Gasteiger partial charge in [-0.1, -0.05) is 25.0 Å². The number of methoxy groups -OCH3 is 1. The molecule has 4 rings (SSSR count). The third-order valence-electron chi connectivity index (χ3n) is 7.16. The second kappa shape index (κ2) is 10.9. The van der Waals surface area contributed by atoms with Gasteiger partial charge in [0.2, 0.25) is 11.4 Å². The molecular weight excluding hydrogens is 432 g/mol. The van der Waals surface area contributed by atoms with Crippen LogP contribution in [0.25, 0.3) is 0 Å². The van der Waals surface area contributed by atoms with Crippen LogP contribution < -0.4 is 0 Å². The van der Waals surface area contributed by atoms with Crippen LogP contribution >= 0.6 is 0 Å². The molecule has 4 nitrogen and oxygen atoms in total. The summed E-state index contributed by atoms with van der Waals surface area (Å²) in [5, 5.41) is 0.